The van der Waals surface area contributed by atoms with Crippen LogP contribution in [0.25, 0.3) is 34.3 Å². The van der Waals surface area contributed by atoms with Crippen molar-refractivity contribution in [1.29, 1.82) is 0 Å². The molecule has 1 atom stereocenters. The van der Waals surface area contributed by atoms with Gasteiger partial charge in [-0.05, 0) is 60.5 Å². The van der Waals surface area contributed by atoms with Crippen molar-refractivity contribution in [3.63, 3.8) is 0 Å². The third-order valence-corrected chi connectivity index (χ3v) is 9.58. The highest BCUT2D eigenvalue weighted by Crippen LogP contribution is 2.38. The minimum atomic E-state index is -0.869. The van der Waals surface area contributed by atoms with E-state index in [4.69, 9.17) is 26.1 Å². The smallest absolute Gasteiger partial charge is 0.338 e. The number of nitrogens with zero attached hydrogens (tertiary/aromatic N) is 3. The van der Waals surface area contributed by atoms with E-state index in [1.165, 1.54) is 25.6 Å². The summed E-state index contributed by atoms with van der Waals surface area (Å²) in [4.78, 5) is 33.0. The zero-order valence-corrected chi connectivity index (χ0v) is 28.0. The van der Waals surface area contributed by atoms with E-state index in [2.05, 4.69) is 47.0 Å². The van der Waals surface area contributed by atoms with E-state index < -0.39 is 12.0 Å². The molecule has 7 rings (SSSR count). The maximum atomic E-state index is 14.6. The summed E-state index contributed by atoms with van der Waals surface area (Å²) in [7, 11) is 2.85. The zero-order valence-electron chi connectivity index (χ0n) is 26.4. The normalized spacial score (nSPS) is 14.4. The average molecular weight is 672 g/mol. The first-order valence-corrected chi connectivity index (χ1v) is 16.5. The summed E-state index contributed by atoms with van der Waals surface area (Å²) in [5.74, 6) is -0.106. The van der Waals surface area contributed by atoms with Gasteiger partial charge in [-0.3, -0.25) is 9.36 Å². The molecule has 0 bridgehead atoms. The maximum absolute atomic E-state index is 14.6. The first-order chi connectivity index (χ1) is 23.4. The molecule has 7 nitrogen and oxygen atoms in total. The van der Waals surface area contributed by atoms with Gasteiger partial charge in [0.1, 0.15) is 11.8 Å². The number of carbonyl (C=O) groups is 1. The van der Waals surface area contributed by atoms with Crippen LogP contribution >= 0.6 is 22.9 Å². The summed E-state index contributed by atoms with van der Waals surface area (Å²) in [6.07, 6.45) is 1.92. The Balaban J connectivity index is 1.53. The van der Waals surface area contributed by atoms with E-state index in [-0.39, 0.29) is 11.1 Å². The van der Waals surface area contributed by atoms with E-state index in [1.807, 2.05) is 60.7 Å². The monoisotopic (exact) mass is 671 g/mol. The summed E-state index contributed by atoms with van der Waals surface area (Å²) < 4.78 is 15.1. The second-order valence-corrected chi connectivity index (χ2v) is 12.6. The number of thiazole rings is 1. The number of hydrogen-bond donors (Lipinski definition) is 0. The molecule has 6 aromatic rings. The molecular weight excluding hydrogens is 642 g/mol. The average Bonchev–Trinajstić information content (AvgIpc) is 3.65. The highest BCUT2D eigenvalue weighted by atomic mass is 35.5. The number of methoxy groups -OCH3 is 2. The Bertz CT molecular complexity index is 2380. The Morgan fingerprint density at radius 3 is 2.17 bits per heavy atom. The van der Waals surface area contributed by atoms with Crippen LogP contribution in [0.1, 0.15) is 24.1 Å². The summed E-state index contributed by atoms with van der Waals surface area (Å²) in [6, 6.07) is 36.9. The van der Waals surface area contributed by atoms with Gasteiger partial charge in [-0.15, -0.1) is 0 Å². The third kappa shape index (κ3) is 5.49. The summed E-state index contributed by atoms with van der Waals surface area (Å²) >= 11 is 7.73. The van der Waals surface area contributed by atoms with Crippen molar-refractivity contribution in [2.75, 3.05) is 14.2 Å². The fourth-order valence-electron chi connectivity index (χ4n) is 6.25. The van der Waals surface area contributed by atoms with Gasteiger partial charge in [0, 0.05) is 21.8 Å². The van der Waals surface area contributed by atoms with Crippen LogP contribution in [0.4, 0.5) is 0 Å². The Morgan fingerprint density at radius 2 is 1.52 bits per heavy atom. The van der Waals surface area contributed by atoms with Crippen molar-refractivity contribution in [3.8, 4) is 34.0 Å². The molecule has 2 aromatic heterocycles. The number of hydrogen-bond acceptors (Lipinski definition) is 6. The molecule has 1 aliphatic rings. The van der Waals surface area contributed by atoms with Gasteiger partial charge < -0.3 is 14.0 Å². The number of allylic oxidation sites excluding steroid dienone is 1. The van der Waals surface area contributed by atoms with Crippen LogP contribution in [0.5, 0.6) is 5.75 Å². The molecule has 48 heavy (non-hydrogen) atoms. The quantitative estimate of drug-likeness (QED) is 0.168. The Morgan fingerprint density at radius 1 is 0.875 bits per heavy atom. The fourth-order valence-corrected chi connectivity index (χ4v) is 7.46. The molecule has 1 aliphatic heterocycles. The standard InChI is InChI=1S/C39H30ClN3O4S/c1-24-34(38(45)47-3)36(30-23-28(40)19-20-32(30)46-2)43-37(44)33(48-39(43)41-24)22-27-21-31(25-13-7-4-8-14-25)42(29-17-11-6-12-18-29)35(27)26-15-9-5-10-16-26/h4-23,36H,1-3H3/b33-22-/t36-/m1/s1. The lowest BCUT2D eigenvalue weighted by atomic mass is 9.95. The van der Waals surface area contributed by atoms with Gasteiger partial charge in [0.25, 0.3) is 5.56 Å². The molecule has 0 radical (unpaired) electrons. The second kappa shape index (κ2) is 13.0. The number of para-hydroxylation sites is 1. The van der Waals surface area contributed by atoms with Gasteiger partial charge in [0.15, 0.2) is 4.80 Å². The van der Waals surface area contributed by atoms with Crippen LogP contribution in [0, 0.1) is 0 Å². The van der Waals surface area contributed by atoms with Crippen molar-refractivity contribution in [1.82, 2.24) is 9.13 Å². The summed E-state index contributed by atoms with van der Waals surface area (Å²) in [5.41, 5.74) is 6.73. The van der Waals surface area contributed by atoms with E-state index in [9.17, 15) is 9.59 Å². The minimum absolute atomic E-state index is 0.239. The van der Waals surface area contributed by atoms with Gasteiger partial charge in [-0.1, -0.05) is 102 Å². The number of benzene rings is 4. The van der Waals surface area contributed by atoms with Gasteiger partial charge >= 0.3 is 5.97 Å². The predicted molar refractivity (Wildman–Crippen MR) is 190 cm³/mol. The fraction of sp³-hybridized carbons (Fsp3) is 0.103. The summed E-state index contributed by atoms with van der Waals surface area (Å²) in [5, 5.41) is 0.440. The first kappa shape index (κ1) is 31.2. The third-order valence-electron chi connectivity index (χ3n) is 8.36. The van der Waals surface area contributed by atoms with Crippen LogP contribution in [0.3, 0.4) is 0 Å². The number of esters is 1. The van der Waals surface area contributed by atoms with Gasteiger partial charge in [0.2, 0.25) is 0 Å². The molecule has 0 aliphatic carbocycles. The number of halogens is 1. The Labute approximate surface area is 285 Å². The topological polar surface area (TPSA) is 74.8 Å². The van der Waals surface area contributed by atoms with Crippen molar-refractivity contribution >= 4 is 35.0 Å². The van der Waals surface area contributed by atoms with E-state index in [0.717, 1.165) is 33.8 Å². The second-order valence-electron chi connectivity index (χ2n) is 11.2. The van der Waals surface area contributed by atoms with Gasteiger partial charge in [-0.2, -0.15) is 0 Å². The molecular formula is C39H30ClN3O4S. The van der Waals surface area contributed by atoms with Crippen LogP contribution in [-0.2, 0) is 9.53 Å². The molecule has 0 unspecified atom stereocenters. The lowest BCUT2D eigenvalue weighted by molar-refractivity contribution is -0.136. The largest absolute Gasteiger partial charge is 0.496 e. The number of carbonyl (C=O) groups excluding carboxylic acids is 1. The lowest BCUT2D eigenvalue weighted by Crippen LogP contribution is -2.40. The molecule has 0 saturated carbocycles. The number of aromatic nitrogens is 2. The Kier molecular flexibility index (Phi) is 8.43. The molecule has 0 saturated heterocycles. The molecule has 0 N–H and O–H groups in total. The van der Waals surface area contributed by atoms with E-state index in [1.54, 1.807) is 29.7 Å². The van der Waals surface area contributed by atoms with Gasteiger partial charge in [0.05, 0.1) is 41.4 Å². The molecule has 0 fully saturated rings. The zero-order chi connectivity index (χ0) is 33.4. The number of ether oxygens (including phenoxy) is 2. The van der Waals surface area contributed by atoms with E-state index >= 15 is 0 Å². The van der Waals surface area contributed by atoms with Crippen molar-refractivity contribution in [3.05, 3.63) is 162 Å². The number of fused-ring (bicyclic) bond motifs is 1. The van der Waals surface area contributed by atoms with Gasteiger partial charge in [-0.25, -0.2) is 9.79 Å². The molecule has 0 amide bonds. The molecule has 238 valence electrons. The van der Waals surface area contributed by atoms with Crippen LogP contribution in [0.2, 0.25) is 5.02 Å². The van der Waals surface area contributed by atoms with Crippen LogP contribution in [0.15, 0.2) is 136 Å². The highest BCUT2D eigenvalue weighted by molar-refractivity contribution is 7.07. The SMILES string of the molecule is COC(=O)C1=C(C)N=c2s/c(=C\c3cc(-c4ccccc4)n(-c4ccccc4)c3-c3ccccc3)c(=O)n2[C@@H]1c1cc(Cl)ccc1OC. The van der Waals surface area contributed by atoms with Crippen molar-refractivity contribution in [2.45, 2.75) is 13.0 Å². The number of rotatable bonds is 7. The van der Waals surface area contributed by atoms with Crippen LogP contribution < -0.4 is 19.6 Å². The lowest BCUT2D eigenvalue weighted by Gasteiger charge is -2.25. The van der Waals surface area contributed by atoms with Crippen molar-refractivity contribution in [2.24, 2.45) is 4.99 Å². The first-order valence-electron chi connectivity index (χ1n) is 15.3. The molecule has 0 spiro atoms. The summed E-state index contributed by atoms with van der Waals surface area (Å²) in [6.45, 7) is 1.74. The van der Waals surface area contributed by atoms with Crippen molar-refractivity contribution < 1.29 is 14.3 Å². The maximum Gasteiger partial charge on any atom is 0.338 e. The Hall–Kier alpha value is -5.44. The van der Waals surface area contributed by atoms with Crippen LogP contribution in [-0.4, -0.2) is 29.3 Å². The highest BCUT2D eigenvalue weighted by Gasteiger charge is 2.35. The molecule has 3 heterocycles. The minimum Gasteiger partial charge on any atom is -0.496 e. The predicted octanol–water partition coefficient (Wildman–Crippen LogP) is 7.19. The van der Waals surface area contributed by atoms with E-state index in [0.29, 0.717) is 31.4 Å². The molecule has 9 heteroatoms. The molecule has 4 aromatic carbocycles.